The zero-order valence-corrected chi connectivity index (χ0v) is 9.08. The summed E-state index contributed by atoms with van der Waals surface area (Å²) in [5.74, 6) is -5.16. The lowest BCUT2D eigenvalue weighted by molar-refractivity contribution is -0.152. The third-order valence-corrected chi connectivity index (χ3v) is 2.90. The second-order valence-corrected chi connectivity index (χ2v) is 4.61. The molecule has 1 rings (SSSR count). The van der Waals surface area contributed by atoms with Crippen molar-refractivity contribution in [3.8, 4) is 0 Å². The Balaban J connectivity index is 3.10. The van der Waals surface area contributed by atoms with Gasteiger partial charge in [0.1, 0.15) is 10.7 Å². The lowest BCUT2D eigenvalue weighted by Crippen LogP contribution is -2.21. The minimum absolute atomic E-state index is 0.101. The fourth-order valence-corrected chi connectivity index (χ4v) is 1.87. The summed E-state index contributed by atoms with van der Waals surface area (Å²) in [6.07, 6.45) is -4.97. The summed E-state index contributed by atoms with van der Waals surface area (Å²) in [7, 11) is -5.17. The Kier molecular flexibility index (Phi) is 3.91. The van der Waals surface area contributed by atoms with Crippen LogP contribution in [0.1, 0.15) is 0 Å². The Morgan fingerprint density at radius 1 is 1.00 bits per heavy atom. The summed E-state index contributed by atoms with van der Waals surface area (Å²) in [4.78, 5) is -1.51. The fraction of sp³-hybridized carbons (Fsp3) is 0.250. The van der Waals surface area contributed by atoms with Crippen LogP contribution in [-0.4, -0.2) is 21.2 Å². The van der Waals surface area contributed by atoms with Crippen molar-refractivity contribution in [2.24, 2.45) is 0 Å². The molecule has 0 radical (unpaired) electrons. The summed E-state index contributed by atoms with van der Waals surface area (Å²) in [6, 6.07) is -0.213. The smallest absolute Gasteiger partial charge is 0.257 e. The van der Waals surface area contributed by atoms with Gasteiger partial charge in [-0.25, -0.2) is 13.2 Å². The Labute approximate surface area is 97.1 Å². The van der Waals surface area contributed by atoms with E-state index in [-0.39, 0.29) is 12.1 Å². The first-order valence-electron chi connectivity index (χ1n) is 4.13. The summed E-state index contributed by atoms with van der Waals surface area (Å²) >= 11 is 0. The summed E-state index contributed by atoms with van der Waals surface area (Å²) in [5, 5.41) is 0. The number of benzene rings is 1. The summed E-state index contributed by atoms with van der Waals surface area (Å²) < 4.78 is 99.1. The van der Waals surface area contributed by atoms with Crippen LogP contribution in [0.2, 0.25) is 0 Å². The van der Waals surface area contributed by atoms with Crippen LogP contribution in [0.5, 0.6) is 0 Å². The Morgan fingerprint density at radius 3 is 2.00 bits per heavy atom. The van der Waals surface area contributed by atoms with Crippen LogP contribution in [0, 0.1) is 17.5 Å². The highest BCUT2D eigenvalue weighted by Crippen LogP contribution is 2.23. The van der Waals surface area contributed by atoms with Gasteiger partial charge in [-0.2, -0.15) is 21.6 Å². The van der Waals surface area contributed by atoms with Crippen molar-refractivity contribution in [1.82, 2.24) is 0 Å². The predicted octanol–water partition coefficient (Wildman–Crippen LogP) is 2.37. The number of rotatable bonds is 3. The predicted molar refractivity (Wildman–Crippen MR) is 45.5 cm³/mol. The summed E-state index contributed by atoms with van der Waals surface area (Å²) in [6.45, 7) is -2.20. The molecule has 0 aliphatic carbocycles. The van der Waals surface area contributed by atoms with Crippen molar-refractivity contribution in [3.63, 3.8) is 0 Å². The van der Waals surface area contributed by atoms with E-state index >= 15 is 0 Å². The molecule has 0 spiro atoms. The van der Waals surface area contributed by atoms with Crippen molar-refractivity contribution in [3.05, 3.63) is 29.6 Å². The van der Waals surface area contributed by atoms with Crippen LogP contribution in [-0.2, 0) is 14.3 Å². The number of hydrogen-bond acceptors (Lipinski definition) is 3. The first-order valence-corrected chi connectivity index (χ1v) is 5.54. The molecular weight excluding hydrogens is 290 g/mol. The SMILES string of the molecule is O=S(=O)(OCC(F)(F)F)c1cc(F)c(F)cc1F. The third-order valence-electron chi connectivity index (χ3n) is 1.62. The van der Waals surface area contributed by atoms with Gasteiger partial charge >= 0.3 is 6.18 Å². The average Bonchev–Trinajstić information content (AvgIpc) is 2.19. The maximum absolute atomic E-state index is 13.0. The summed E-state index contributed by atoms with van der Waals surface area (Å²) in [5.41, 5.74) is 0. The first-order chi connectivity index (χ1) is 8.03. The highest BCUT2D eigenvalue weighted by molar-refractivity contribution is 7.86. The number of hydrogen-bond donors (Lipinski definition) is 0. The molecule has 10 heteroatoms. The molecule has 18 heavy (non-hydrogen) atoms. The molecule has 3 nitrogen and oxygen atoms in total. The minimum atomic E-state index is -5.17. The molecule has 0 bridgehead atoms. The second-order valence-electron chi connectivity index (χ2n) is 3.03. The zero-order valence-electron chi connectivity index (χ0n) is 8.26. The number of halogens is 6. The molecule has 0 N–H and O–H groups in total. The molecule has 0 aliphatic rings. The van der Waals surface area contributed by atoms with Crippen LogP contribution in [0.15, 0.2) is 17.0 Å². The Hall–Kier alpha value is -1.29. The van der Waals surface area contributed by atoms with E-state index in [1.807, 2.05) is 0 Å². The van der Waals surface area contributed by atoms with Crippen LogP contribution < -0.4 is 0 Å². The van der Waals surface area contributed by atoms with Gasteiger partial charge in [0.15, 0.2) is 18.2 Å². The second kappa shape index (κ2) is 4.76. The van der Waals surface area contributed by atoms with E-state index in [4.69, 9.17) is 0 Å². The molecule has 0 amide bonds. The molecular formula is C8H4F6O3S. The van der Waals surface area contributed by atoms with Gasteiger partial charge in [-0.05, 0) is 0 Å². The largest absolute Gasteiger partial charge is 0.413 e. The molecule has 0 saturated heterocycles. The Bertz CT molecular complexity index is 551. The van der Waals surface area contributed by atoms with Gasteiger partial charge in [-0.3, -0.25) is 4.18 Å². The van der Waals surface area contributed by atoms with Crippen molar-refractivity contribution in [2.45, 2.75) is 11.1 Å². The Morgan fingerprint density at radius 2 is 1.50 bits per heavy atom. The van der Waals surface area contributed by atoms with Gasteiger partial charge in [0, 0.05) is 12.1 Å². The lowest BCUT2D eigenvalue weighted by Gasteiger charge is -2.09. The van der Waals surface area contributed by atoms with Crippen molar-refractivity contribution in [1.29, 1.82) is 0 Å². The molecule has 0 heterocycles. The van der Waals surface area contributed by atoms with Crippen molar-refractivity contribution >= 4 is 10.1 Å². The molecule has 0 saturated carbocycles. The molecule has 1 aromatic carbocycles. The van der Waals surface area contributed by atoms with Gasteiger partial charge in [-0.15, -0.1) is 0 Å². The highest BCUT2D eigenvalue weighted by Gasteiger charge is 2.33. The third kappa shape index (κ3) is 3.60. The lowest BCUT2D eigenvalue weighted by atomic mass is 10.3. The van der Waals surface area contributed by atoms with Crippen LogP contribution >= 0.6 is 0 Å². The zero-order chi connectivity index (χ0) is 14.1. The van der Waals surface area contributed by atoms with E-state index in [2.05, 4.69) is 4.18 Å². The molecule has 0 aliphatic heterocycles. The number of alkyl halides is 3. The van der Waals surface area contributed by atoms with E-state index < -0.39 is 45.2 Å². The standard InChI is InChI=1S/C8H4F6O3S/c9-4-1-6(11)7(2-5(4)10)18(15,16)17-3-8(12,13)14/h1-2H,3H2. The van der Waals surface area contributed by atoms with Gasteiger partial charge < -0.3 is 0 Å². The van der Waals surface area contributed by atoms with Crippen LogP contribution in [0.25, 0.3) is 0 Å². The van der Waals surface area contributed by atoms with E-state index in [9.17, 15) is 34.8 Å². The molecule has 0 atom stereocenters. The molecule has 0 unspecified atom stereocenters. The van der Waals surface area contributed by atoms with E-state index in [1.54, 1.807) is 0 Å². The topological polar surface area (TPSA) is 43.4 Å². The monoisotopic (exact) mass is 294 g/mol. The van der Waals surface area contributed by atoms with Crippen molar-refractivity contribution < 1.29 is 38.9 Å². The maximum Gasteiger partial charge on any atom is 0.413 e. The molecule has 0 fully saturated rings. The fourth-order valence-electron chi connectivity index (χ4n) is 0.904. The van der Waals surface area contributed by atoms with E-state index in [1.165, 1.54) is 0 Å². The first kappa shape index (κ1) is 14.8. The van der Waals surface area contributed by atoms with E-state index in [0.717, 1.165) is 0 Å². The van der Waals surface area contributed by atoms with Crippen LogP contribution in [0.4, 0.5) is 26.3 Å². The van der Waals surface area contributed by atoms with Gasteiger partial charge in [-0.1, -0.05) is 0 Å². The molecule has 102 valence electrons. The van der Waals surface area contributed by atoms with Gasteiger partial charge in [0.25, 0.3) is 10.1 Å². The maximum atomic E-state index is 13.0. The highest BCUT2D eigenvalue weighted by atomic mass is 32.2. The van der Waals surface area contributed by atoms with Crippen molar-refractivity contribution in [2.75, 3.05) is 6.61 Å². The minimum Gasteiger partial charge on any atom is -0.257 e. The molecule has 0 aromatic heterocycles. The van der Waals surface area contributed by atoms with Gasteiger partial charge in [0.2, 0.25) is 0 Å². The normalized spacial score (nSPS) is 12.8. The molecule has 1 aromatic rings. The average molecular weight is 294 g/mol. The van der Waals surface area contributed by atoms with Crippen LogP contribution in [0.3, 0.4) is 0 Å². The quantitative estimate of drug-likeness (QED) is 0.488. The van der Waals surface area contributed by atoms with E-state index in [0.29, 0.717) is 0 Å². The van der Waals surface area contributed by atoms with Gasteiger partial charge in [0.05, 0.1) is 0 Å².